The van der Waals surface area contributed by atoms with Gasteiger partial charge in [-0.2, -0.15) is 0 Å². The third-order valence-corrected chi connectivity index (χ3v) is 4.84. The van der Waals surface area contributed by atoms with Gasteiger partial charge in [-0.1, -0.05) is 25.1 Å². The summed E-state index contributed by atoms with van der Waals surface area (Å²) < 4.78 is 0. The van der Waals surface area contributed by atoms with E-state index in [1.165, 1.54) is 5.56 Å². The number of anilines is 2. The van der Waals surface area contributed by atoms with E-state index in [1.54, 1.807) is 0 Å². The summed E-state index contributed by atoms with van der Waals surface area (Å²) >= 11 is 0. The molecule has 1 aliphatic heterocycles. The van der Waals surface area contributed by atoms with Crippen LogP contribution in [-0.4, -0.2) is 48.0 Å². The zero-order valence-corrected chi connectivity index (χ0v) is 15.0. The second kappa shape index (κ2) is 8.12. The Morgan fingerprint density at radius 1 is 1.12 bits per heavy atom. The molecule has 1 aromatic heterocycles. The molecule has 1 amide bonds. The Bertz CT molecular complexity index is 679. The van der Waals surface area contributed by atoms with Gasteiger partial charge in [-0.05, 0) is 43.2 Å². The van der Waals surface area contributed by atoms with Gasteiger partial charge in [-0.15, -0.1) is 0 Å². The number of benzene rings is 1. The first kappa shape index (κ1) is 17.4. The molecular weight excluding hydrogens is 312 g/mol. The van der Waals surface area contributed by atoms with Crippen molar-refractivity contribution in [3.05, 3.63) is 54.2 Å². The van der Waals surface area contributed by atoms with E-state index in [0.717, 1.165) is 44.1 Å². The third kappa shape index (κ3) is 4.37. The van der Waals surface area contributed by atoms with Crippen LogP contribution < -0.4 is 10.2 Å². The van der Waals surface area contributed by atoms with Crippen molar-refractivity contribution in [1.29, 1.82) is 0 Å². The molecule has 0 bridgehead atoms. The average molecular weight is 338 g/mol. The monoisotopic (exact) mass is 338 g/mol. The van der Waals surface area contributed by atoms with Gasteiger partial charge < -0.3 is 10.2 Å². The maximum atomic E-state index is 12.5. The predicted octanol–water partition coefficient (Wildman–Crippen LogP) is 2.79. The number of hydrogen-bond acceptors (Lipinski definition) is 4. The van der Waals surface area contributed by atoms with Crippen molar-refractivity contribution in [2.75, 3.05) is 36.4 Å². The van der Waals surface area contributed by atoms with Crippen molar-refractivity contribution >= 4 is 17.4 Å². The first-order valence-electron chi connectivity index (χ1n) is 8.97. The molecule has 1 aliphatic rings. The Labute approximate surface area is 149 Å². The van der Waals surface area contributed by atoms with Crippen LogP contribution in [0.2, 0.25) is 0 Å². The molecule has 1 unspecified atom stereocenters. The summed E-state index contributed by atoms with van der Waals surface area (Å²) in [4.78, 5) is 21.4. The molecule has 1 atom stereocenters. The number of amides is 1. The summed E-state index contributed by atoms with van der Waals surface area (Å²) in [5, 5.41) is 3.03. The van der Waals surface area contributed by atoms with E-state index in [0.29, 0.717) is 0 Å². The fraction of sp³-hybridized carbons (Fsp3) is 0.400. The van der Waals surface area contributed by atoms with E-state index >= 15 is 0 Å². The number of rotatable bonds is 5. The Kier molecular flexibility index (Phi) is 5.66. The second-order valence-corrected chi connectivity index (χ2v) is 6.43. The molecule has 0 spiro atoms. The van der Waals surface area contributed by atoms with Crippen molar-refractivity contribution in [1.82, 2.24) is 9.88 Å². The number of aryl methyl sites for hydroxylation is 1. The normalized spacial score (nSPS) is 16.5. The Morgan fingerprint density at radius 2 is 1.84 bits per heavy atom. The van der Waals surface area contributed by atoms with Crippen LogP contribution in [0.4, 0.5) is 11.5 Å². The SMILES string of the molecule is CCc1ccc(NC(=O)C(C)N2CCN(c3ccccn3)CC2)cc1. The molecule has 1 fully saturated rings. The zero-order valence-electron chi connectivity index (χ0n) is 15.0. The Morgan fingerprint density at radius 3 is 2.44 bits per heavy atom. The molecule has 1 N–H and O–H groups in total. The first-order valence-corrected chi connectivity index (χ1v) is 8.97. The third-order valence-electron chi connectivity index (χ3n) is 4.84. The quantitative estimate of drug-likeness (QED) is 0.911. The number of hydrogen-bond donors (Lipinski definition) is 1. The highest BCUT2D eigenvalue weighted by Gasteiger charge is 2.26. The summed E-state index contributed by atoms with van der Waals surface area (Å²) in [5.74, 6) is 1.06. The van der Waals surface area contributed by atoms with E-state index in [9.17, 15) is 4.79 Å². The number of pyridine rings is 1. The van der Waals surface area contributed by atoms with E-state index in [2.05, 4.69) is 39.2 Å². The smallest absolute Gasteiger partial charge is 0.241 e. The van der Waals surface area contributed by atoms with Crippen LogP contribution in [0.25, 0.3) is 0 Å². The van der Waals surface area contributed by atoms with Gasteiger partial charge in [0.05, 0.1) is 6.04 Å². The highest BCUT2D eigenvalue weighted by atomic mass is 16.2. The second-order valence-electron chi connectivity index (χ2n) is 6.43. The molecule has 5 heteroatoms. The topological polar surface area (TPSA) is 48.5 Å². The van der Waals surface area contributed by atoms with Crippen LogP contribution in [0.3, 0.4) is 0 Å². The van der Waals surface area contributed by atoms with Crippen LogP contribution >= 0.6 is 0 Å². The summed E-state index contributed by atoms with van der Waals surface area (Å²) in [7, 11) is 0. The lowest BCUT2D eigenvalue weighted by Crippen LogP contribution is -2.53. The van der Waals surface area contributed by atoms with Gasteiger partial charge in [-0.25, -0.2) is 4.98 Å². The zero-order chi connectivity index (χ0) is 17.6. The molecule has 3 rings (SSSR count). The molecule has 132 valence electrons. The minimum atomic E-state index is -0.142. The van der Waals surface area contributed by atoms with Crippen LogP contribution in [0.15, 0.2) is 48.7 Å². The average Bonchev–Trinajstić information content (AvgIpc) is 2.69. The van der Waals surface area contributed by atoms with Crippen molar-refractivity contribution in [3.63, 3.8) is 0 Å². The van der Waals surface area contributed by atoms with Gasteiger partial charge in [0.25, 0.3) is 0 Å². The molecule has 0 radical (unpaired) electrons. The van der Waals surface area contributed by atoms with Crippen LogP contribution in [0.1, 0.15) is 19.4 Å². The molecule has 25 heavy (non-hydrogen) atoms. The highest BCUT2D eigenvalue weighted by Crippen LogP contribution is 2.15. The van der Waals surface area contributed by atoms with Crippen LogP contribution in [0, 0.1) is 0 Å². The number of carbonyl (C=O) groups excluding carboxylic acids is 1. The molecule has 1 aromatic carbocycles. The minimum absolute atomic E-state index is 0.0514. The van der Waals surface area contributed by atoms with Gasteiger partial charge in [0.15, 0.2) is 0 Å². The molecule has 0 saturated carbocycles. The molecule has 0 aliphatic carbocycles. The van der Waals surface area contributed by atoms with Gasteiger partial charge in [0.1, 0.15) is 5.82 Å². The van der Waals surface area contributed by atoms with Crippen molar-refractivity contribution in [2.24, 2.45) is 0 Å². The minimum Gasteiger partial charge on any atom is -0.354 e. The maximum absolute atomic E-state index is 12.5. The molecule has 2 heterocycles. The molecule has 5 nitrogen and oxygen atoms in total. The van der Waals surface area contributed by atoms with Crippen molar-refractivity contribution in [3.8, 4) is 0 Å². The highest BCUT2D eigenvalue weighted by molar-refractivity contribution is 5.94. The lowest BCUT2D eigenvalue weighted by atomic mass is 10.1. The first-order chi connectivity index (χ1) is 12.2. The summed E-state index contributed by atoms with van der Waals surface area (Å²) in [6.07, 6.45) is 2.83. The number of carbonyl (C=O) groups is 1. The van der Waals surface area contributed by atoms with Gasteiger partial charge in [0, 0.05) is 38.1 Å². The van der Waals surface area contributed by atoms with Crippen molar-refractivity contribution < 1.29 is 4.79 Å². The van der Waals surface area contributed by atoms with E-state index < -0.39 is 0 Å². The fourth-order valence-corrected chi connectivity index (χ4v) is 3.12. The summed E-state index contributed by atoms with van der Waals surface area (Å²) in [6, 6.07) is 13.9. The largest absolute Gasteiger partial charge is 0.354 e. The molecular formula is C20H26N4O. The number of piperazine rings is 1. The van der Waals surface area contributed by atoms with Crippen LogP contribution in [0.5, 0.6) is 0 Å². The van der Waals surface area contributed by atoms with Gasteiger partial charge in [-0.3, -0.25) is 9.69 Å². The van der Waals surface area contributed by atoms with Crippen LogP contribution in [-0.2, 0) is 11.2 Å². The Hall–Kier alpha value is -2.40. The summed E-state index contributed by atoms with van der Waals surface area (Å²) in [6.45, 7) is 7.60. The van der Waals surface area contributed by atoms with Crippen molar-refractivity contribution in [2.45, 2.75) is 26.3 Å². The number of aromatic nitrogens is 1. The lowest BCUT2D eigenvalue weighted by Gasteiger charge is -2.37. The van der Waals surface area contributed by atoms with E-state index in [1.807, 2.05) is 43.5 Å². The standard InChI is InChI=1S/C20H26N4O/c1-3-17-7-9-18(10-8-17)22-20(25)16(2)23-12-14-24(15-13-23)19-6-4-5-11-21-19/h4-11,16H,3,12-15H2,1-2H3,(H,22,25). The molecule has 2 aromatic rings. The van der Waals surface area contributed by atoms with Gasteiger partial charge >= 0.3 is 0 Å². The maximum Gasteiger partial charge on any atom is 0.241 e. The van der Waals surface area contributed by atoms with E-state index in [4.69, 9.17) is 0 Å². The van der Waals surface area contributed by atoms with Gasteiger partial charge in [0.2, 0.25) is 5.91 Å². The summed E-state index contributed by atoms with van der Waals surface area (Å²) in [5.41, 5.74) is 2.14. The number of nitrogens with one attached hydrogen (secondary N) is 1. The number of nitrogens with zero attached hydrogens (tertiary/aromatic N) is 3. The fourth-order valence-electron chi connectivity index (χ4n) is 3.12. The Balaban J connectivity index is 1.52. The predicted molar refractivity (Wildman–Crippen MR) is 102 cm³/mol. The lowest BCUT2D eigenvalue weighted by molar-refractivity contribution is -0.120. The molecule has 1 saturated heterocycles. The van der Waals surface area contributed by atoms with E-state index in [-0.39, 0.29) is 11.9 Å².